The average molecular weight is 533 g/mol. The van der Waals surface area contributed by atoms with Crippen LogP contribution in [0.25, 0.3) is 0 Å². The van der Waals surface area contributed by atoms with Crippen LogP contribution in [0.15, 0.2) is 12.2 Å². The summed E-state index contributed by atoms with van der Waals surface area (Å²) in [6, 6.07) is 0. The van der Waals surface area contributed by atoms with Crippen LogP contribution in [0.4, 0.5) is 0 Å². The first-order chi connectivity index (χ1) is 17.7. The Kier molecular flexibility index (Phi) is 6.09. The molecule has 4 saturated carbocycles. The Bertz CT molecular complexity index is 1100. The van der Waals surface area contributed by atoms with Crippen molar-refractivity contribution in [3.8, 4) is 0 Å². The number of carbonyl (C=O) groups is 5. The van der Waals surface area contributed by atoms with Crippen molar-refractivity contribution in [1.29, 1.82) is 0 Å². The molecule has 10 heteroatoms. The summed E-state index contributed by atoms with van der Waals surface area (Å²) in [5.74, 6) is -4.14. The third-order valence-electron chi connectivity index (χ3n) is 9.91. The van der Waals surface area contributed by atoms with Gasteiger partial charge in [0.1, 0.15) is 23.7 Å². The summed E-state index contributed by atoms with van der Waals surface area (Å²) in [6.07, 6.45) is -2.79. The molecule has 2 heterocycles. The van der Waals surface area contributed by atoms with Crippen LogP contribution in [0.1, 0.15) is 67.2 Å². The molecule has 4 bridgehead atoms. The number of esters is 4. The molecule has 0 amide bonds. The number of rotatable bonds is 4. The fourth-order valence-corrected chi connectivity index (χ4v) is 9.04. The Morgan fingerprint density at radius 3 is 2.08 bits per heavy atom. The van der Waals surface area contributed by atoms with Gasteiger partial charge in [0.05, 0.1) is 11.5 Å². The second-order valence-electron chi connectivity index (χ2n) is 12.3. The van der Waals surface area contributed by atoms with Crippen LogP contribution in [-0.4, -0.2) is 60.4 Å². The van der Waals surface area contributed by atoms with Gasteiger partial charge in [0.25, 0.3) is 0 Å². The summed E-state index contributed by atoms with van der Waals surface area (Å²) in [7, 11) is 0. The van der Waals surface area contributed by atoms with Crippen LogP contribution >= 0.6 is 0 Å². The predicted molar refractivity (Wildman–Crippen MR) is 129 cm³/mol. The van der Waals surface area contributed by atoms with Gasteiger partial charge >= 0.3 is 23.9 Å². The fraction of sp³-hybridized carbons (Fsp3) is 0.750. The standard InChI is InChI=1S/C28H36O10/c1-12-17-10-18(34-13(2)29)22-27-19(26(6,7)9-8-20(27)35-14(3)30)11-21(38-25(27)37-16(5)32)28(22,23(12)33)24(17)36-15(4)31/h17-22,24-25H,1,8-11H2,2-7H3/t17-,18-,19+,20+,21-,22-,24+,25+,27+,28-/m0/s1. The van der Waals surface area contributed by atoms with E-state index in [0.29, 0.717) is 24.8 Å². The zero-order valence-electron chi connectivity index (χ0n) is 22.7. The minimum absolute atomic E-state index is 0.190. The van der Waals surface area contributed by atoms with Gasteiger partial charge in [-0.3, -0.25) is 24.0 Å². The number of hydrogen-bond acceptors (Lipinski definition) is 10. The Morgan fingerprint density at radius 1 is 0.895 bits per heavy atom. The van der Waals surface area contributed by atoms with E-state index in [4.69, 9.17) is 23.7 Å². The summed E-state index contributed by atoms with van der Waals surface area (Å²) in [5.41, 5.74) is -2.73. The van der Waals surface area contributed by atoms with E-state index in [1.165, 1.54) is 27.7 Å². The number of hydrogen-bond donors (Lipinski definition) is 0. The first-order valence-corrected chi connectivity index (χ1v) is 13.3. The van der Waals surface area contributed by atoms with Crippen molar-refractivity contribution in [2.75, 3.05) is 0 Å². The largest absolute Gasteiger partial charge is 0.462 e. The summed E-state index contributed by atoms with van der Waals surface area (Å²) < 4.78 is 30.2. The monoisotopic (exact) mass is 532 g/mol. The van der Waals surface area contributed by atoms with E-state index >= 15 is 0 Å². The molecule has 38 heavy (non-hydrogen) atoms. The molecule has 2 saturated heterocycles. The molecule has 0 radical (unpaired) electrons. The smallest absolute Gasteiger partial charge is 0.304 e. The molecule has 6 fully saturated rings. The third kappa shape index (κ3) is 3.37. The number of Topliss-reactive ketones (excluding diaryl/α,β-unsaturated/α-hetero) is 1. The maximum Gasteiger partial charge on any atom is 0.304 e. The first kappa shape index (κ1) is 26.8. The Labute approximate surface area is 221 Å². The zero-order valence-corrected chi connectivity index (χ0v) is 22.7. The number of carbonyl (C=O) groups excluding carboxylic acids is 5. The lowest BCUT2D eigenvalue weighted by atomic mass is 9.36. The summed E-state index contributed by atoms with van der Waals surface area (Å²) in [4.78, 5) is 64.0. The number of fused-ring (bicyclic) bond motifs is 2. The summed E-state index contributed by atoms with van der Waals surface area (Å²) >= 11 is 0. The molecule has 4 aliphatic carbocycles. The molecule has 10 nitrogen and oxygen atoms in total. The van der Waals surface area contributed by atoms with Crippen LogP contribution in [0.2, 0.25) is 0 Å². The topological polar surface area (TPSA) is 132 Å². The molecular formula is C28H36O10. The molecule has 2 aliphatic heterocycles. The minimum atomic E-state index is -1.44. The van der Waals surface area contributed by atoms with E-state index in [1.54, 1.807) is 0 Å². The van der Waals surface area contributed by atoms with Gasteiger partial charge in [-0.25, -0.2) is 0 Å². The van der Waals surface area contributed by atoms with E-state index < -0.39 is 77.2 Å². The average Bonchev–Trinajstić information content (AvgIpc) is 2.90. The highest BCUT2D eigenvalue weighted by atomic mass is 16.7. The van der Waals surface area contributed by atoms with Crippen molar-refractivity contribution in [1.82, 2.24) is 0 Å². The molecule has 0 aromatic carbocycles. The van der Waals surface area contributed by atoms with Crippen LogP contribution < -0.4 is 0 Å². The first-order valence-electron chi connectivity index (χ1n) is 13.3. The van der Waals surface area contributed by atoms with Crippen molar-refractivity contribution < 1.29 is 47.7 Å². The van der Waals surface area contributed by atoms with Gasteiger partial charge in [0.15, 0.2) is 5.78 Å². The van der Waals surface area contributed by atoms with Crippen molar-refractivity contribution in [3.05, 3.63) is 12.2 Å². The van der Waals surface area contributed by atoms with Crippen LogP contribution in [0.5, 0.6) is 0 Å². The summed E-state index contributed by atoms with van der Waals surface area (Å²) in [6.45, 7) is 13.4. The van der Waals surface area contributed by atoms with E-state index in [-0.39, 0.29) is 23.5 Å². The molecule has 2 spiro atoms. The van der Waals surface area contributed by atoms with Crippen molar-refractivity contribution in [3.63, 3.8) is 0 Å². The SMILES string of the molecule is C=C1C(=O)[C@]23[C@@H]4C[C@@H]5C(C)(C)CC[C@@H](OC(C)=O)[C@@]5([C@H](OC(C)=O)O4)[C@@H]2[C@@H](OC(C)=O)C[C@@H]1[C@H]3OC(C)=O. The zero-order chi connectivity index (χ0) is 27.9. The lowest BCUT2D eigenvalue weighted by Gasteiger charge is -2.73. The lowest BCUT2D eigenvalue weighted by Crippen LogP contribution is -2.81. The van der Waals surface area contributed by atoms with Gasteiger partial charge in [-0.15, -0.1) is 0 Å². The molecule has 0 aromatic rings. The number of ketones is 1. The molecular weight excluding hydrogens is 496 g/mol. The molecule has 208 valence electrons. The van der Waals surface area contributed by atoms with Gasteiger partial charge in [0.2, 0.25) is 6.29 Å². The maximum atomic E-state index is 14.3. The van der Waals surface area contributed by atoms with E-state index in [2.05, 4.69) is 20.4 Å². The second-order valence-corrected chi connectivity index (χ2v) is 12.3. The predicted octanol–water partition coefficient (Wildman–Crippen LogP) is 2.66. The van der Waals surface area contributed by atoms with Crippen molar-refractivity contribution >= 4 is 29.7 Å². The van der Waals surface area contributed by atoms with Gasteiger partial charge in [-0.05, 0) is 42.6 Å². The van der Waals surface area contributed by atoms with E-state index in [9.17, 15) is 24.0 Å². The molecule has 6 aliphatic rings. The van der Waals surface area contributed by atoms with E-state index in [0.717, 1.165) is 0 Å². The van der Waals surface area contributed by atoms with Gasteiger partial charge < -0.3 is 23.7 Å². The Hall–Kier alpha value is -2.75. The highest BCUT2D eigenvalue weighted by molar-refractivity contribution is 6.05. The van der Waals surface area contributed by atoms with Gasteiger partial charge in [-0.2, -0.15) is 0 Å². The van der Waals surface area contributed by atoms with Crippen LogP contribution in [-0.2, 0) is 47.7 Å². The highest BCUT2D eigenvalue weighted by Gasteiger charge is 2.86. The van der Waals surface area contributed by atoms with Gasteiger partial charge in [-0.1, -0.05) is 20.4 Å². The van der Waals surface area contributed by atoms with Crippen molar-refractivity contribution in [2.24, 2.45) is 34.0 Å². The Morgan fingerprint density at radius 2 is 1.50 bits per heavy atom. The minimum Gasteiger partial charge on any atom is -0.462 e. The Balaban J connectivity index is 1.83. The molecule has 6 rings (SSSR count). The van der Waals surface area contributed by atoms with Crippen molar-refractivity contribution in [2.45, 2.75) is 97.9 Å². The van der Waals surface area contributed by atoms with Gasteiger partial charge in [0, 0.05) is 39.5 Å². The third-order valence-corrected chi connectivity index (χ3v) is 9.91. The normalized spacial score (nSPS) is 43.9. The molecule has 0 N–H and O–H groups in total. The quantitative estimate of drug-likeness (QED) is 0.302. The molecule has 0 unspecified atom stereocenters. The summed E-state index contributed by atoms with van der Waals surface area (Å²) in [5, 5.41) is 0. The maximum absolute atomic E-state index is 14.3. The second kappa shape index (κ2) is 8.63. The number of ether oxygens (including phenoxy) is 5. The lowest BCUT2D eigenvalue weighted by molar-refractivity contribution is -0.410. The molecule has 10 atom stereocenters. The molecule has 0 aromatic heterocycles. The fourth-order valence-electron chi connectivity index (χ4n) is 9.04. The highest BCUT2D eigenvalue weighted by Crippen LogP contribution is 2.76. The van der Waals surface area contributed by atoms with Crippen LogP contribution in [0.3, 0.4) is 0 Å². The van der Waals surface area contributed by atoms with E-state index in [1.807, 2.05) is 0 Å². The van der Waals surface area contributed by atoms with Crippen LogP contribution in [0, 0.1) is 34.0 Å².